The molecule has 9 heteroatoms. The van der Waals surface area contributed by atoms with Gasteiger partial charge in [-0.3, -0.25) is 4.79 Å². The first-order valence-electron chi connectivity index (χ1n) is 6.03. The monoisotopic (exact) mass is 338 g/mol. The predicted octanol–water partition coefficient (Wildman–Crippen LogP) is 4.50. The van der Waals surface area contributed by atoms with Crippen molar-refractivity contribution >= 4 is 17.7 Å². The molecule has 0 fully saturated rings. The van der Waals surface area contributed by atoms with Crippen LogP contribution in [0.4, 0.5) is 26.3 Å². The molecule has 1 atom stereocenters. The van der Waals surface area contributed by atoms with Crippen LogP contribution in [0.1, 0.15) is 26.2 Å². The first-order chi connectivity index (χ1) is 9.51. The molecule has 0 heterocycles. The molecule has 0 bridgehead atoms. The van der Waals surface area contributed by atoms with Gasteiger partial charge in [-0.2, -0.15) is 26.3 Å². The number of esters is 1. The van der Waals surface area contributed by atoms with Crippen molar-refractivity contribution in [2.75, 3.05) is 12.9 Å². The lowest BCUT2D eigenvalue weighted by atomic mass is 10.1. The lowest BCUT2D eigenvalue weighted by molar-refractivity contribution is -0.140. The van der Waals surface area contributed by atoms with E-state index in [9.17, 15) is 31.1 Å². The Bertz CT molecular complexity index is 362. The molecule has 0 rings (SSSR count). The van der Waals surface area contributed by atoms with Crippen LogP contribution < -0.4 is 0 Å². The van der Waals surface area contributed by atoms with Crippen LogP contribution in [0.2, 0.25) is 0 Å². The lowest BCUT2D eigenvalue weighted by Gasteiger charge is -2.15. The number of ether oxygens (including phenoxy) is 1. The maximum Gasteiger partial charge on any atom is 0.412 e. The van der Waals surface area contributed by atoms with Gasteiger partial charge in [-0.25, -0.2) is 0 Å². The van der Waals surface area contributed by atoms with Crippen LogP contribution in [0.25, 0.3) is 0 Å². The number of allylic oxidation sites excluding steroid dienone is 2. The fraction of sp³-hybridized carbons (Fsp3) is 0.750. The van der Waals surface area contributed by atoms with Gasteiger partial charge in [0.25, 0.3) is 0 Å². The summed E-state index contributed by atoms with van der Waals surface area (Å²) in [5.41, 5.74) is -0.812. The van der Waals surface area contributed by atoms with Crippen LogP contribution in [0, 0.1) is 0 Å². The fourth-order valence-electron chi connectivity index (χ4n) is 1.39. The third-order valence-corrected chi connectivity index (χ3v) is 3.72. The smallest absolute Gasteiger partial charge is 0.412 e. The van der Waals surface area contributed by atoms with Crippen LogP contribution in [-0.2, 0) is 9.53 Å². The summed E-state index contributed by atoms with van der Waals surface area (Å²) in [4.78, 5) is 11.4. The molecule has 0 aromatic rings. The normalized spacial score (nSPS) is 15.0. The summed E-state index contributed by atoms with van der Waals surface area (Å²) in [6.07, 6.45) is -9.75. The summed E-state index contributed by atoms with van der Waals surface area (Å²) < 4.78 is 78.0. The van der Waals surface area contributed by atoms with E-state index in [2.05, 4.69) is 4.74 Å². The molecular formula is C12H16F6O2S. The van der Waals surface area contributed by atoms with E-state index < -0.39 is 41.3 Å². The predicted molar refractivity (Wildman–Crippen MR) is 68.0 cm³/mol. The molecule has 21 heavy (non-hydrogen) atoms. The van der Waals surface area contributed by atoms with Crippen molar-refractivity contribution in [1.82, 2.24) is 0 Å². The van der Waals surface area contributed by atoms with Crippen LogP contribution in [0.3, 0.4) is 0 Å². The summed E-state index contributed by atoms with van der Waals surface area (Å²) in [5, 5.41) is -1.08. The van der Waals surface area contributed by atoms with E-state index in [4.69, 9.17) is 0 Å². The Balaban J connectivity index is 4.71. The van der Waals surface area contributed by atoms with E-state index in [0.717, 1.165) is 13.2 Å². The van der Waals surface area contributed by atoms with Crippen molar-refractivity contribution in [3.05, 3.63) is 11.6 Å². The molecular weight excluding hydrogens is 322 g/mol. The first-order valence-corrected chi connectivity index (χ1v) is 7.08. The van der Waals surface area contributed by atoms with Gasteiger partial charge in [0, 0.05) is 11.3 Å². The van der Waals surface area contributed by atoms with E-state index in [-0.39, 0.29) is 12.8 Å². The Morgan fingerprint density at radius 3 is 2.19 bits per heavy atom. The summed E-state index contributed by atoms with van der Waals surface area (Å²) in [6, 6.07) is 0. The van der Waals surface area contributed by atoms with E-state index in [1.807, 2.05) is 0 Å². The fourth-order valence-corrected chi connectivity index (χ4v) is 2.49. The number of halogens is 6. The summed E-state index contributed by atoms with van der Waals surface area (Å²) >= 11 is 0.638. The second-order valence-electron chi connectivity index (χ2n) is 4.06. The van der Waals surface area contributed by atoms with Crippen LogP contribution in [0.5, 0.6) is 0 Å². The second kappa shape index (κ2) is 8.55. The zero-order valence-electron chi connectivity index (χ0n) is 11.5. The largest absolute Gasteiger partial charge is 0.468 e. The zero-order valence-corrected chi connectivity index (χ0v) is 12.3. The number of methoxy groups -OCH3 is 1. The first kappa shape index (κ1) is 20.1. The van der Waals surface area contributed by atoms with Gasteiger partial charge in [0.2, 0.25) is 0 Å². The highest BCUT2D eigenvalue weighted by Crippen LogP contribution is 2.30. The molecule has 124 valence electrons. The highest BCUT2D eigenvalue weighted by atomic mass is 32.2. The summed E-state index contributed by atoms with van der Waals surface area (Å²) in [6.45, 7) is 1.31. The van der Waals surface area contributed by atoms with Crippen molar-refractivity contribution in [1.29, 1.82) is 0 Å². The minimum absolute atomic E-state index is 0.273. The van der Waals surface area contributed by atoms with E-state index in [0.29, 0.717) is 11.8 Å². The van der Waals surface area contributed by atoms with Gasteiger partial charge >= 0.3 is 18.3 Å². The highest BCUT2D eigenvalue weighted by Gasteiger charge is 2.33. The van der Waals surface area contributed by atoms with Crippen molar-refractivity contribution in [2.24, 2.45) is 0 Å². The second-order valence-corrected chi connectivity index (χ2v) is 5.37. The maximum absolute atomic E-state index is 12.5. The molecule has 0 aliphatic carbocycles. The Labute approximate surface area is 122 Å². The standard InChI is InChI=1S/C12H16F6O2S/c1-3-8(12(16,17)18)4-5-9(10(19)20-2)21-7-6-11(13,14)15/h4,9H,3,5-7H2,1-2H3/b8-4+. The molecule has 1 unspecified atom stereocenters. The molecule has 0 aromatic carbocycles. The van der Waals surface area contributed by atoms with Crippen molar-refractivity contribution in [3.8, 4) is 0 Å². The molecule has 0 radical (unpaired) electrons. The number of thioether (sulfide) groups is 1. The molecule has 0 spiro atoms. The minimum Gasteiger partial charge on any atom is -0.468 e. The van der Waals surface area contributed by atoms with Crippen LogP contribution in [-0.4, -0.2) is 36.4 Å². The van der Waals surface area contributed by atoms with Gasteiger partial charge in [0.15, 0.2) is 0 Å². The Morgan fingerprint density at radius 1 is 1.24 bits per heavy atom. The molecule has 0 aliphatic rings. The maximum atomic E-state index is 12.5. The van der Waals surface area contributed by atoms with Gasteiger partial charge in [-0.05, 0) is 12.8 Å². The van der Waals surface area contributed by atoms with Crippen molar-refractivity contribution in [2.45, 2.75) is 43.8 Å². The third-order valence-electron chi connectivity index (χ3n) is 2.49. The minimum atomic E-state index is -4.51. The molecule has 0 aromatic heterocycles. The number of rotatable bonds is 7. The van der Waals surface area contributed by atoms with Crippen LogP contribution in [0.15, 0.2) is 11.6 Å². The van der Waals surface area contributed by atoms with Crippen LogP contribution >= 0.6 is 11.8 Å². The number of hydrogen-bond donors (Lipinski definition) is 0. The highest BCUT2D eigenvalue weighted by molar-refractivity contribution is 8.00. The van der Waals surface area contributed by atoms with Crippen molar-refractivity contribution < 1.29 is 35.9 Å². The number of carbonyl (C=O) groups excluding carboxylic acids is 1. The molecule has 0 amide bonds. The Morgan fingerprint density at radius 2 is 1.81 bits per heavy atom. The molecule has 2 nitrogen and oxygen atoms in total. The van der Waals surface area contributed by atoms with Gasteiger partial charge in [0.05, 0.1) is 13.5 Å². The molecule has 0 saturated heterocycles. The Hall–Kier alpha value is -0.860. The molecule has 0 N–H and O–H groups in total. The van der Waals surface area contributed by atoms with E-state index >= 15 is 0 Å². The third kappa shape index (κ3) is 8.90. The quantitative estimate of drug-likeness (QED) is 0.388. The summed E-state index contributed by atoms with van der Waals surface area (Å²) in [5.74, 6) is -1.25. The average Bonchev–Trinajstić information content (AvgIpc) is 2.33. The number of alkyl halides is 6. The molecule has 0 saturated carbocycles. The van der Waals surface area contributed by atoms with E-state index in [1.54, 1.807) is 0 Å². The van der Waals surface area contributed by atoms with Gasteiger partial charge in [0.1, 0.15) is 5.25 Å². The van der Waals surface area contributed by atoms with E-state index in [1.165, 1.54) is 6.92 Å². The number of carbonyl (C=O) groups is 1. The Kier molecular flexibility index (Phi) is 8.20. The van der Waals surface area contributed by atoms with Gasteiger partial charge < -0.3 is 4.74 Å². The zero-order chi connectivity index (χ0) is 16.7. The van der Waals surface area contributed by atoms with Gasteiger partial charge in [-0.15, -0.1) is 11.8 Å². The average molecular weight is 338 g/mol. The SMILES string of the molecule is CC/C(=C\CC(SCCC(F)(F)F)C(=O)OC)C(F)(F)F. The topological polar surface area (TPSA) is 26.3 Å². The van der Waals surface area contributed by atoms with Gasteiger partial charge in [-0.1, -0.05) is 13.0 Å². The number of hydrogen-bond acceptors (Lipinski definition) is 3. The van der Waals surface area contributed by atoms with Crippen molar-refractivity contribution in [3.63, 3.8) is 0 Å². The lowest BCUT2D eigenvalue weighted by Crippen LogP contribution is -2.21. The molecule has 0 aliphatic heterocycles. The summed E-state index contributed by atoms with van der Waals surface area (Å²) in [7, 11) is 1.04.